The maximum absolute atomic E-state index is 13.2. The first-order valence-electron chi connectivity index (χ1n) is 5.01. The normalized spacial score (nSPS) is 12.4. The van der Waals surface area contributed by atoms with Crippen molar-refractivity contribution < 1.29 is 13.7 Å². The Morgan fingerprint density at radius 3 is 2.53 bits per heavy atom. The van der Waals surface area contributed by atoms with E-state index in [0.717, 1.165) is 17.4 Å². The summed E-state index contributed by atoms with van der Waals surface area (Å²) in [6.45, 7) is 1.66. The number of nitrogens with zero attached hydrogens (tertiary/aromatic N) is 3. The lowest BCUT2D eigenvalue weighted by Gasteiger charge is -2.00. The SMILES string of the molecule is CC(Cl)c1nnc(-c2cc(F)c(F)cc2[N+](=O)[O-])s1. The average Bonchev–Trinajstić information content (AvgIpc) is 2.81. The molecule has 0 aliphatic rings. The van der Waals surface area contributed by atoms with Crippen LogP contribution in [0.2, 0.25) is 0 Å². The average molecular weight is 306 g/mol. The van der Waals surface area contributed by atoms with E-state index >= 15 is 0 Å². The summed E-state index contributed by atoms with van der Waals surface area (Å²) in [5.74, 6) is -2.47. The van der Waals surface area contributed by atoms with Crippen molar-refractivity contribution >= 4 is 28.6 Å². The second-order valence-corrected chi connectivity index (χ2v) is 5.27. The Kier molecular flexibility index (Phi) is 3.72. The Hall–Kier alpha value is -1.67. The number of nitro groups is 1. The van der Waals surface area contributed by atoms with Crippen molar-refractivity contribution in [2.75, 3.05) is 0 Å². The number of nitro benzene ring substituents is 1. The molecule has 0 saturated heterocycles. The minimum absolute atomic E-state index is 0.119. The highest BCUT2D eigenvalue weighted by Gasteiger charge is 2.23. The van der Waals surface area contributed by atoms with Crippen LogP contribution in [0.1, 0.15) is 17.3 Å². The van der Waals surface area contributed by atoms with Gasteiger partial charge in [-0.25, -0.2) is 8.78 Å². The van der Waals surface area contributed by atoms with E-state index in [1.165, 1.54) is 0 Å². The fourth-order valence-electron chi connectivity index (χ4n) is 1.36. The second kappa shape index (κ2) is 5.14. The van der Waals surface area contributed by atoms with Crippen molar-refractivity contribution in [2.24, 2.45) is 0 Å². The third-order valence-corrected chi connectivity index (χ3v) is 3.72. The van der Waals surface area contributed by atoms with Crippen LogP contribution >= 0.6 is 22.9 Å². The van der Waals surface area contributed by atoms with Gasteiger partial charge in [0.25, 0.3) is 5.69 Å². The molecule has 9 heteroatoms. The molecule has 1 heterocycles. The van der Waals surface area contributed by atoms with Crippen molar-refractivity contribution in [3.63, 3.8) is 0 Å². The molecular formula is C10H6ClF2N3O2S. The highest BCUT2D eigenvalue weighted by Crippen LogP contribution is 2.35. The molecule has 100 valence electrons. The lowest BCUT2D eigenvalue weighted by atomic mass is 10.2. The summed E-state index contributed by atoms with van der Waals surface area (Å²) in [6.07, 6.45) is 0. The Morgan fingerprint density at radius 2 is 2.00 bits per heavy atom. The summed E-state index contributed by atoms with van der Waals surface area (Å²) < 4.78 is 26.2. The van der Waals surface area contributed by atoms with E-state index in [4.69, 9.17) is 11.6 Å². The van der Waals surface area contributed by atoms with Gasteiger partial charge in [-0.15, -0.1) is 21.8 Å². The maximum atomic E-state index is 13.2. The van der Waals surface area contributed by atoms with Crippen molar-refractivity contribution in [3.05, 3.63) is 38.9 Å². The predicted molar refractivity (Wildman–Crippen MR) is 66.2 cm³/mol. The summed E-state index contributed by atoms with van der Waals surface area (Å²) in [7, 11) is 0. The summed E-state index contributed by atoms with van der Waals surface area (Å²) in [6, 6.07) is 1.26. The summed E-state index contributed by atoms with van der Waals surface area (Å²) in [5.41, 5.74) is -0.686. The third-order valence-electron chi connectivity index (χ3n) is 2.25. The van der Waals surface area contributed by atoms with Gasteiger partial charge >= 0.3 is 0 Å². The van der Waals surface area contributed by atoms with Gasteiger partial charge in [0.1, 0.15) is 5.01 Å². The third kappa shape index (κ3) is 2.69. The predicted octanol–water partition coefficient (Wildman–Crippen LogP) is 3.69. The van der Waals surface area contributed by atoms with Crippen LogP contribution in [0.15, 0.2) is 12.1 Å². The van der Waals surface area contributed by atoms with Gasteiger partial charge in [0.2, 0.25) is 0 Å². The molecule has 0 bridgehead atoms. The van der Waals surface area contributed by atoms with Crippen LogP contribution in [0.4, 0.5) is 14.5 Å². The van der Waals surface area contributed by atoms with E-state index in [0.29, 0.717) is 11.1 Å². The molecule has 2 aromatic rings. The minimum Gasteiger partial charge on any atom is -0.258 e. The molecule has 0 saturated carbocycles. The van der Waals surface area contributed by atoms with Gasteiger partial charge in [0.15, 0.2) is 16.6 Å². The van der Waals surface area contributed by atoms with E-state index in [-0.39, 0.29) is 10.6 Å². The van der Waals surface area contributed by atoms with E-state index in [1.54, 1.807) is 6.92 Å². The molecule has 5 nitrogen and oxygen atoms in total. The highest BCUT2D eigenvalue weighted by atomic mass is 35.5. The monoisotopic (exact) mass is 305 g/mol. The molecule has 19 heavy (non-hydrogen) atoms. The Labute approximate surface area is 115 Å². The van der Waals surface area contributed by atoms with Crippen molar-refractivity contribution in [3.8, 4) is 10.6 Å². The van der Waals surface area contributed by atoms with Crippen LogP contribution in [-0.2, 0) is 0 Å². The molecule has 1 aromatic carbocycles. The molecule has 1 aromatic heterocycles. The largest absolute Gasteiger partial charge is 0.282 e. The number of hydrogen-bond acceptors (Lipinski definition) is 5. The standard InChI is InChI=1S/C10H6ClF2N3O2S/c1-4(11)9-14-15-10(19-9)5-2-6(12)7(13)3-8(5)16(17)18/h2-4H,1H3. The van der Waals surface area contributed by atoms with Gasteiger partial charge in [-0.05, 0) is 13.0 Å². The maximum Gasteiger partial charge on any atom is 0.282 e. The zero-order valence-corrected chi connectivity index (χ0v) is 11.0. The van der Waals surface area contributed by atoms with Gasteiger partial charge in [0, 0.05) is 0 Å². The van der Waals surface area contributed by atoms with Crippen LogP contribution in [0.3, 0.4) is 0 Å². The van der Waals surface area contributed by atoms with Crippen LogP contribution in [0.5, 0.6) is 0 Å². The first kappa shape index (κ1) is 13.8. The Balaban J connectivity index is 2.59. The highest BCUT2D eigenvalue weighted by molar-refractivity contribution is 7.15. The molecule has 0 aliphatic heterocycles. The van der Waals surface area contributed by atoms with Crippen LogP contribution in [0, 0.1) is 21.7 Å². The van der Waals surface area contributed by atoms with Gasteiger partial charge < -0.3 is 0 Å². The lowest BCUT2D eigenvalue weighted by molar-refractivity contribution is -0.384. The Morgan fingerprint density at radius 1 is 1.37 bits per heavy atom. The number of halogens is 3. The smallest absolute Gasteiger partial charge is 0.258 e. The van der Waals surface area contributed by atoms with Gasteiger partial charge in [-0.2, -0.15) is 0 Å². The van der Waals surface area contributed by atoms with Gasteiger partial charge in [-0.3, -0.25) is 10.1 Å². The quantitative estimate of drug-likeness (QED) is 0.492. The molecule has 2 rings (SSSR count). The van der Waals surface area contributed by atoms with E-state index < -0.39 is 27.6 Å². The van der Waals surface area contributed by atoms with Gasteiger partial charge in [-0.1, -0.05) is 11.3 Å². The molecule has 0 spiro atoms. The molecule has 0 radical (unpaired) electrons. The number of aromatic nitrogens is 2. The van der Waals surface area contributed by atoms with E-state index in [2.05, 4.69) is 10.2 Å². The van der Waals surface area contributed by atoms with Crippen LogP contribution < -0.4 is 0 Å². The summed E-state index contributed by atoms with van der Waals surface area (Å²) in [4.78, 5) is 10.0. The van der Waals surface area contributed by atoms with Crippen molar-refractivity contribution in [1.29, 1.82) is 0 Å². The molecule has 0 aliphatic carbocycles. The number of hydrogen-bond donors (Lipinski definition) is 0. The van der Waals surface area contributed by atoms with Gasteiger partial charge in [0.05, 0.1) is 21.9 Å². The topological polar surface area (TPSA) is 68.9 Å². The second-order valence-electron chi connectivity index (χ2n) is 3.60. The zero-order chi connectivity index (χ0) is 14.2. The van der Waals surface area contributed by atoms with Crippen molar-refractivity contribution in [2.45, 2.75) is 12.3 Å². The Bertz CT molecular complexity index is 648. The first-order chi connectivity index (χ1) is 8.90. The fourth-order valence-corrected chi connectivity index (χ4v) is 2.34. The molecular weight excluding hydrogens is 300 g/mol. The van der Waals surface area contributed by atoms with Crippen LogP contribution in [0.25, 0.3) is 10.6 Å². The molecule has 0 fully saturated rings. The van der Waals surface area contributed by atoms with E-state index in [9.17, 15) is 18.9 Å². The minimum atomic E-state index is -1.29. The number of benzene rings is 1. The van der Waals surface area contributed by atoms with E-state index in [1.807, 2.05) is 0 Å². The molecule has 1 atom stereocenters. The summed E-state index contributed by atoms with van der Waals surface area (Å²) in [5, 5.41) is 18.4. The zero-order valence-electron chi connectivity index (χ0n) is 9.43. The lowest BCUT2D eigenvalue weighted by Crippen LogP contribution is -1.95. The number of alkyl halides is 1. The fraction of sp³-hybridized carbons (Fsp3) is 0.200. The van der Waals surface area contributed by atoms with Crippen LogP contribution in [-0.4, -0.2) is 15.1 Å². The first-order valence-corrected chi connectivity index (χ1v) is 6.26. The molecule has 0 amide bonds. The molecule has 1 unspecified atom stereocenters. The number of rotatable bonds is 3. The molecule has 0 N–H and O–H groups in total. The summed E-state index contributed by atoms with van der Waals surface area (Å²) >= 11 is 6.80. The van der Waals surface area contributed by atoms with Crippen molar-refractivity contribution in [1.82, 2.24) is 10.2 Å².